The number of hydrogen-bond donors (Lipinski definition) is 2. The smallest absolute Gasteiger partial charge is 0.125 e. The fraction of sp³-hybridized carbons (Fsp3) is 0.455. The van der Waals surface area contributed by atoms with E-state index in [9.17, 15) is 0 Å². The lowest BCUT2D eigenvalue weighted by Crippen LogP contribution is -2.29. The molecule has 0 spiro atoms. The predicted molar refractivity (Wildman–Crippen MR) is 60.9 cm³/mol. The van der Waals surface area contributed by atoms with Crippen LogP contribution in [0.15, 0.2) is 24.4 Å². The number of rotatable bonds is 5. The van der Waals surface area contributed by atoms with E-state index < -0.39 is 0 Å². The summed E-state index contributed by atoms with van der Waals surface area (Å²) in [5, 5.41) is 0. The minimum Gasteiger partial charge on any atom is -0.271 e. The van der Waals surface area contributed by atoms with Crippen molar-refractivity contribution < 1.29 is 0 Å². The van der Waals surface area contributed by atoms with Gasteiger partial charge in [0.1, 0.15) is 5.82 Å². The van der Waals surface area contributed by atoms with Crippen LogP contribution in [-0.2, 0) is 0 Å². The van der Waals surface area contributed by atoms with E-state index in [0.717, 1.165) is 29.9 Å². The highest BCUT2D eigenvalue weighted by atomic mass is 15.2. The molecule has 1 unspecified atom stereocenters. The lowest BCUT2D eigenvalue weighted by Gasteiger charge is -2.16. The molecule has 0 aromatic carbocycles. The minimum atomic E-state index is 0.0270. The number of aromatic nitrogens is 2. The fourth-order valence-electron chi connectivity index (χ4n) is 1.35. The van der Waals surface area contributed by atoms with Gasteiger partial charge >= 0.3 is 0 Å². The van der Waals surface area contributed by atoms with Crippen LogP contribution in [0, 0.1) is 6.92 Å². The Morgan fingerprint density at radius 2 is 2.40 bits per heavy atom. The number of nitrogens with one attached hydrogen (secondary N) is 1. The second-order valence-corrected chi connectivity index (χ2v) is 3.56. The Balaban J connectivity index is 2.78. The summed E-state index contributed by atoms with van der Waals surface area (Å²) in [5.41, 5.74) is 4.84. The Bertz CT molecular complexity index is 335. The standard InChI is InChI=1S/C11H18N4/c1-4-8(2)7-11(15-12)10-5-6-13-9(3)14-10/h5-6,11,15H,2,4,7,12H2,1,3H3. The third-order valence-electron chi connectivity index (χ3n) is 2.35. The Kier molecular flexibility index (Phi) is 4.39. The summed E-state index contributed by atoms with van der Waals surface area (Å²) in [6, 6.07) is 1.90. The molecule has 3 N–H and O–H groups in total. The molecule has 0 saturated carbocycles. The number of nitrogens with two attached hydrogens (primary N) is 1. The average molecular weight is 206 g/mol. The van der Waals surface area contributed by atoms with Gasteiger partial charge in [-0.05, 0) is 25.8 Å². The zero-order valence-electron chi connectivity index (χ0n) is 9.33. The summed E-state index contributed by atoms with van der Waals surface area (Å²) in [7, 11) is 0. The molecule has 0 aliphatic rings. The van der Waals surface area contributed by atoms with Crippen molar-refractivity contribution in [3.05, 3.63) is 35.9 Å². The highest BCUT2D eigenvalue weighted by Gasteiger charge is 2.12. The summed E-state index contributed by atoms with van der Waals surface area (Å²) in [5.74, 6) is 6.27. The van der Waals surface area contributed by atoms with Crippen LogP contribution in [0.1, 0.15) is 37.3 Å². The van der Waals surface area contributed by atoms with Crippen LogP contribution in [0.4, 0.5) is 0 Å². The van der Waals surface area contributed by atoms with Gasteiger partial charge in [-0.2, -0.15) is 0 Å². The van der Waals surface area contributed by atoms with Crippen molar-refractivity contribution in [2.24, 2.45) is 5.84 Å². The average Bonchev–Trinajstić information content (AvgIpc) is 2.25. The highest BCUT2D eigenvalue weighted by molar-refractivity contribution is 5.11. The zero-order valence-corrected chi connectivity index (χ0v) is 9.33. The van der Waals surface area contributed by atoms with Crippen LogP contribution in [0.25, 0.3) is 0 Å². The van der Waals surface area contributed by atoms with Crippen LogP contribution >= 0.6 is 0 Å². The van der Waals surface area contributed by atoms with Crippen LogP contribution in [-0.4, -0.2) is 9.97 Å². The maximum atomic E-state index is 5.51. The van der Waals surface area contributed by atoms with Crippen LogP contribution in [0.5, 0.6) is 0 Å². The van der Waals surface area contributed by atoms with E-state index in [0.29, 0.717) is 0 Å². The molecule has 1 heterocycles. The molecule has 15 heavy (non-hydrogen) atoms. The van der Waals surface area contributed by atoms with Crippen molar-refractivity contribution in [2.75, 3.05) is 0 Å². The summed E-state index contributed by atoms with van der Waals surface area (Å²) in [4.78, 5) is 8.39. The lowest BCUT2D eigenvalue weighted by molar-refractivity contribution is 0.529. The van der Waals surface area contributed by atoms with Crippen molar-refractivity contribution >= 4 is 0 Å². The lowest BCUT2D eigenvalue weighted by atomic mass is 10.0. The van der Waals surface area contributed by atoms with Crippen molar-refractivity contribution in [3.8, 4) is 0 Å². The molecule has 1 aromatic rings. The number of hydrazine groups is 1. The van der Waals surface area contributed by atoms with Gasteiger partial charge in [-0.15, -0.1) is 0 Å². The highest BCUT2D eigenvalue weighted by Crippen LogP contribution is 2.18. The van der Waals surface area contributed by atoms with E-state index in [-0.39, 0.29) is 6.04 Å². The molecular formula is C11H18N4. The molecule has 0 amide bonds. The summed E-state index contributed by atoms with van der Waals surface area (Å²) < 4.78 is 0. The second-order valence-electron chi connectivity index (χ2n) is 3.56. The molecule has 0 radical (unpaired) electrons. The zero-order chi connectivity index (χ0) is 11.3. The first-order valence-corrected chi connectivity index (χ1v) is 5.09. The van der Waals surface area contributed by atoms with E-state index in [1.165, 1.54) is 0 Å². The molecule has 4 nitrogen and oxygen atoms in total. The topological polar surface area (TPSA) is 63.8 Å². The Morgan fingerprint density at radius 3 is 2.93 bits per heavy atom. The normalized spacial score (nSPS) is 12.5. The van der Waals surface area contributed by atoms with Crippen LogP contribution in [0.2, 0.25) is 0 Å². The van der Waals surface area contributed by atoms with Gasteiger partial charge in [0, 0.05) is 6.20 Å². The molecule has 82 valence electrons. The quantitative estimate of drug-likeness (QED) is 0.437. The maximum absolute atomic E-state index is 5.51. The van der Waals surface area contributed by atoms with Crippen LogP contribution < -0.4 is 11.3 Å². The first-order chi connectivity index (χ1) is 7.17. The summed E-state index contributed by atoms with van der Waals surface area (Å²) in [6.07, 6.45) is 3.52. The number of aryl methyl sites for hydroxylation is 1. The largest absolute Gasteiger partial charge is 0.271 e. The molecular weight excluding hydrogens is 188 g/mol. The molecule has 1 rings (SSSR count). The third-order valence-corrected chi connectivity index (χ3v) is 2.35. The molecule has 4 heteroatoms. The fourth-order valence-corrected chi connectivity index (χ4v) is 1.35. The van der Waals surface area contributed by atoms with Gasteiger partial charge in [-0.3, -0.25) is 11.3 Å². The van der Waals surface area contributed by atoms with Gasteiger partial charge in [0.2, 0.25) is 0 Å². The predicted octanol–water partition coefficient (Wildman–Crippen LogP) is 1.65. The molecule has 0 bridgehead atoms. The van der Waals surface area contributed by atoms with Gasteiger partial charge < -0.3 is 0 Å². The molecule has 1 aromatic heterocycles. The van der Waals surface area contributed by atoms with E-state index in [1.54, 1.807) is 6.20 Å². The Labute approximate surface area is 90.6 Å². The molecule has 0 fully saturated rings. The Morgan fingerprint density at radius 1 is 1.67 bits per heavy atom. The summed E-state index contributed by atoms with van der Waals surface area (Å²) in [6.45, 7) is 7.92. The Hall–Kier alpha value is -1.26. The monoisotopic (exact) mass is 206 g/mol. The van der Waals surface area contributed by atoms with Crippen molar-refractivity contribution in [3.63, 3.8) is 0 Å². The number of nitrogens with zero attached hydrogens (tertiary/aromatic N) is 2. The first-order valence-electron chi connectivity index (χ1n) is 5.09. The summed E-state index contributed by atoms with van der Waals surface area (Å²) >= 11 is 0. The minimum absolute atomic E-state index is 0.0270. The van der Waals surface area contributed by atoms with E-state index in [1.807, 2.05) is 13.0 Å². The van der Waals surface area contributed by atoms with Crippen LogP contribution in [0.3, 0.4) is 0 Å². The van der Waals surface area contributed by atoms with Crippen molar-refractivity contribution in [1.82, 2.24) is 15.4 Å². The van der Waals surface area contributed by atoms with Crippen molar-refractivity contribution in [2.45, 2.75) is 32.7 Å². The SMILES string of the molecule is C=C(CC)CC(NN)c1ccnc(C)n1. The van der Waals surface area contributed by atoms with Gasteiger partial charge in [-0.1, -0.05) is 19.1 Å². The number of hydrogen-bond acceptors (Lipinski definition) is 4. The van der Waals surface area contributed by atoms with E-state index in [4.69, 9.17) is 5.84 Å². The van der Waals surface area contributed by atoms with Crippen molar-refractivity contribution in [1.29, 1.82) is 0 Å². The van der Waals surface area contributed by atoms with Gasteiger partial charge in [-0.25, -0.2) is 9.97 Å². The first kappa shape index (κ1) is 11.8. The molecule has 0 aliphatic heterocycles. The molecule has 0 saturated heterocycles. The second kappa shape index (κ2) is 5.58. The van der Waals surface area contributed by atoms with Gasteiger partial charge in [0.25, 0.3) is 0 Å². The maximum Gasteiger partial charge on any atom is 0.125 e. The van der Waals surface area contributed by atoms with Gasteiger partial charge in [0.05, 0.1) is 11.7 Å². The molecule has 0 aliphatic carbocycles. The van der Waals surface area contributed by atoms with E-state index >= 15 is 0 Å². The molecule has 1 atom stereocenters. The third kappa shape index (κ3) is 3.42. The van der Waals surface area contributed by atoms with Gasteiger partial charge in [0.15, 0.2) is 0 Å². The van der Waals surface area contributed by atoms with E-state index in [2.05, 4.69) is 28.9 Å².